The van der Waals surface area contributed by atoms with Crippen molar-refractivity contribution in [3.63, 3.8) is 0 Å². The number of hydrogen-bond donors (Lipinski definition) is 2. The van der Waals surface area contributed by atoms with Crippen LogP contribution in [0.5, 0.6) is 0 Å². The fourth-order valence-electron chi connectivity index (χ4n) is 2.17. The molecule has 1 unspecified atom stereocenters. The second-order valence-electron chi connectivity index (χ2n) is 4.23. The zero-order valence-electron chi connectivity index (χ0n) is 10.2. The van der Waals surface area contributed by atoms with E-state index in [1.54, 1.807) is 23.1 Å². The molecule has 1 aliphatic rings. The van der Waals surface area contributed by atoms with E-state index in [1.807, 2.05) is 13.0 Å². The molecule has 0 bridgehead atoms. The van der Waals surface area contributed by atoms with Gasteiger partial charge in [-0.15, -0.1) is 12.6 Å². The SMILES string of the molecule is CCC1C(=O)NCCN1C(=O)c1ccccc1S. The first kappa shape index (κ1) is 13.0. The maximum atomic E-state index is 12.4. The normalized spacial score (nSPS) is 19.6. The van der Waals surface area contributed by atoms with E-state index >= 15 is 0 Å². The number of benzene rings is 1. The van der Waals surface area contributed by atoms with Crippen LogP contribution in [-0.2, 0) is 4.79 Å². The van der Waals surface area contributed by atoms with Crippen LogP contribution in [0.1, 0.15) is 23.7 Å². The fourth-order valence-corrected chi connectivity index (χ4v) is 2.43. The summed E-state index contributed by atoms with van der Waals surface area (Å²) in [5.74, 6) is -0.198. The number of rotatable bonds is 2. The molecule has 1 fully saturated rings. The van der Waals surface area contributed by atoms with E-state index in [4.69, 9.17) is 0 Å². The molecule has 1 heterocycles. The Labute approximate surface area is 112 Å². The van der Waals surface area contributed by atoms with Crippen LogP contribution in [0.25, 0.3) is 0 Å². The van der Waals surface area contributed by atoms with Gasteiger partial charge in [-0.25, -0.2) is 0 Å². The van der Waals surface area contributed by atoms with Gasteiger partial charge in [0.05, 0.1) is 5.56 Å². The van der Waals surface area contributed by atoms with E-state index in [0.29, 0.717) is 30.0 Å². The number of hydrogen-bond acceptors (Lipinski definition) is 3. The third kappa shape index (κ3) is 2.36. The van der Waals surface area contributed by atoms with Crippen LogP contribution in [0.4, 0.5) is 0 Å². The molecule has 1 saturated heterocycles. The van der Waals surface area contributed by atoms with Crippen molar-refractivity contribution >= 4 is 24.4 Å². The minimum absolute atomic E-state index is 0.0752. The van der Waals surface area contributed by atoms with Crippen LogP contribution < -0.4 is 5.32 Å². The highest BCUT2D eigenvalue weighted by Crippen LogP contribution is 2.18. The summed E-state index contributed by atoms with van der Waals surface area (Å²) in [5, 5.41) is 2.78. The summed E-state index contributed by atoms with van der Waals surface area (Å²) < 4.78 is 0. The van der Waals surface area contributed by atoms with Crippen LogP contribution in [0.3, 0.4) is 0 Å². The number of nitrogens with one attached hydrogen (secondary N) is 1. The largest absolute Gasteiger partial charge is 0.353 e. The molecular formula is C13H16N2O2S. The summed E-state index contributed by atoms with van der Waals surface area (Å²) in [4.78, 5) is 26.4. The maximum Gasteiger partial charge on any atom is 0.255 e. The Balaban J connectivity index is 2.27. The standard InChI is InChI=1S/C13H16N2O2S/c1-2-10-12(16)14-7-8-15(10)13(17)9-5-3-4-6-11(9)18/h3-6,10,18H,2,7-8H2,1H3,(H,14,16). The fraction of sp³-hybridized carbons (Fsp3) is 0.385. The molecule has 5 heteroatoms. The Bertz CT molecular complexity index is 476. The Morgan fingerprint density at radius 1 is 1.50 bits per heavy atom. The summed E-state index contributed by atoms with van der Waals surface area (Å²) in [5.41, 5.74) is 0.550. The van der Waals surface area contributed by atoms with Crippen molar-refractivity contribution in [3.8, 4) is 0 Å². The molecule has 0 saturated carbocycles. The molecule has 0 aliphatic carbocycles. The highest BCUT2D eigenvalue weighted by molar-refractivity contribution is 7.80. The number of piperazine rings is 1. The molecular weight excluding hydrogens is 248 g/mol. The van der Waals surface area contributed by atoms with Crippen molar-refractivity contribution in [2.24, 2.45) is 0 Å². The molecule has 0 radical (unpaired) electrons. The summed E-state index contributed by atoms with van der Waals surface area (Å²) >= 11 is 4.29. The minimum atomic E-state index is -0.376. The average Bonchev–Trinajstić information content (AvgIpc) is 2.38. The molecule has 1 atom stereocenters. The van der Waals surface area contributed by atoms with Gasteiger partial charge in [-0.2, -0.15) is 0 Å². The smallest absolute Gasteiger partial charge is 0.255 e. The molecule has 2 rings (SSSR count). The molecule has 96 valence electrons. The second kappa shape index (κ2) is 5.44. The highest BCUT2D eigenvalue weighted by atomic mass is 32.1. The minimum Gasteiger partial charge on any atom is -0.353 e. The Hall–Kier alpha value is -1.49. The zero-order valence-corrected chi connectivity index (χ0v) is 11.1. The van der Waals surface area contributed by atoms with Crippen LogP contribution in [-0.4, -0.2) is 35.8 Å². The van der Waals surface area contributed by atoms with Crippen molar-refractivity contribution in [3.05, 3.63) is 29.8 Å². The number of nitrogens with zero attached hydrogens (tertiary/aromatic N) is 1. The number of amides is 2. The molecule has 4 nitrogen and oxygen atoms in total. The first-order valence-corrected chi connectivity index (χ1v) is 6.46. The van der Waals surface area contributed by atoms with Crippen LogP contribution in [0, 0.1) is 0 Å². The van der Waals surface area contributed by atoms with E-state index in [0.717, 1.165) is 0 Å². The average molecular weight is 264 g/mol. The molecule has 18 heavy (non-hydrogen) atoms. The summed E-state index contributed by atoms with van der Waals surface area (Å²) in [7, 11) is 0. The summed E-state index contributed by atoms with van der Waals surface area (Å²) in [6.07, 6.45) is 0.617. The van der Waals surface area contributed by atoms with Crippen LogP contribution >= 0.6 is 12.6 Å². The number of carbonyl (C=O) groups is 2. The van der Waals surface area contributed by atoms with Gasteiger partial charge in [0.15, 0.2) is 0 Å². The quantitative estimate of drug-likeness (QED) is 0.792. The Kier molecular flexibility index (Phi) is 3.91. The first-order valence-electron chi connectivity index (χ1n) is 6.01. The molecule has 1 aliphatic heterocycles. The number of carbonyl (C=O) groups excluding carboxylic acids is 2. The van der Waals surface area contributed by atoms with Gasteiger partial charge in [0.25, 0.3) is 5.91 Å². The molecule has 0 aromatic heterocycles. The van der Waals surface area contributed by atoms with Gasteiger partial charge in [-0.1, -0.05) is 19.1 Å². The van der Waals surface area contributed by atoms with Gasteiger partial charge < -0.3 is 10.2 Å². The lowest BCUT2D eigenvalue weighted by Crippen LogP contribution is -2.56. The van der Waals surface area contributed by atoms with E-state index in [1.165, 1.54) is 0 Å². The molecule has 1 aromatic rings. The van der Waals surface area contributed by atoms with Gasteiger partial charge in [0, 0.05) is 18.0 Å². The van der Waals surface area contributed by atoms with Crippen molar-refractivity contribution in [2.75, 3.05) is 13.1 Å². The van der Waals surface area contributed by atoms with Crippen molar-refractivity contribution in [1.29, 1.82) is 0 Å². The van der Waals surface area contributed by atoms with Gasteiger partial charge in [0.1, 0.15) is 6.04 Å². The van der Waals surface area contributed by atoms with Gasteiger partial charge in [-0.05, 0) is 18.6 Å². The third-order valence-electron chi connectivity index (χ3n) is 3.11. The second-order valence-corrected chi connectivity index (χ2v) is 4.71. The van der Waals surface area contributed by atoms with E-state index in [2.05, 4.69) is 17.9 Å². The lowest BCUT2D eigenvalue weighted by Gasteiger charge is -2.34. The monoisotopic (exact) mass is 264 g/mol. The highest BCUT2D eigenvalue weighted by Gasteiger charge is 2.32. The predicted octanol–water partition coefficient (Wildman–Crippen LogP) is 1.33. The molecule has 1 N–H and O–H groups in total. The Morgan fingerprint density at radius 3 is 2.89 bits per heavy atom. The van der Waals surface area contributed by atoms with Crippen LogP contribution in [0.2, 0.25) is 0 Å². The van der Waals surface area contributed by atoms with Crippen molar-refractivity contribution in [1.82, 2.24) is 10.2 Å². The lowest BCUT2D eigenvalue weighted by molar-refractivity contribution is -0.127. The van der Waals surface area contributed by atoms with Gasteiger partial charge in [-0.3, -0.25) is 9.59 Å². The first-order chi connectivity index (χ1) is 8.65. The Morgan fingerprint density at radius 2 is 2.22 bits per heavy atom. The lowest BCUT2D eigenvalue weighted by atomic mass is 10.1. The zero-order chi connectivity index (χ0) is 13.1. The van der Waals surface area contributed by atoms with Crippen molar-refractivity contribution < 1.29 is 9.59 Å². The van der Waals surface area contributed by atoms with Crippen LogP contribution in [0.15, 0.2) is 29.2 Å². The maximum absolute atomic E-state index is 12.4. The third-order valence-corrected chi connectivity index (χ3v) is 3.50. The summed E-state index contributed by atoms with van der Waals surface area (Å²) in [6.45, 7) is 2.96. The van der Waals surface area contributed by atoms with Gasteiger partial charge in [0.2, 0.25) is 5.91 Å². The molecule has 0 spiro atoms. The van der Waals surface area contributed by atoms with Crippen molar-refractivity contribution in [2.45, 2.75) is 24.3 Å². The number of thiol groups is 1. The predicted molar refractivity (Wildman–Crippen MR) is 71.8 cm³/mol. The molecule has 1 aromatic carbocycles. The van der Waals surface area contributed by atoms with E-state index < -0.39 is 0 Å². The summed E-state index contributed by atoms with van der Waals surface area (Å²) in [6, 6.07) is 6.78. The topological polar surface area (TPSA) is 49.4 Å². The molecule has 2 amide bonds. The van der Waals surface area contributed by atoms with Gasteiger partial charge >= 0.3 is 0 Å². The van der Waals surface area contributed by atoms with E-state index in [9.17, 15) is 9.59 Å². The van der Waals surface area contributed by atoms with E-state index in [-0.39, 0.29) is 17.9 Å².